The van der Waals surface area contributed by atoms with Gasteiger partial charge in [-0.1, -0.05) is 31.2 Å². The Balaban J connectivity index is 2.12. The summed E-state index contributed by atoms with van der Waals surface area (Å²) in [5, 5.41) is 0. The van der Waals surface area contributed by atoms with Crippen molar-refractivity contribution in [3.8, 4) is 0 Å². The van der Waals surface area contributed by atoms with Crippen molar-refractivity contribution in [1.29, 1.82) is 0 Å². The Bertz CT molecular complexity index is 497. The summed E-state index contributed by atoms with van der Waals surface area (Å²) in [4.78, 5) is 4.51. The molecule has 3 heteroatoms. The van der Waals surface area contributed by atoms with E-state index < -0.39 is 0 Å². The first-order chi connectivity index (χ1) is 8.72. The number of hydrogen-bond donors (Lipinski definition) is 1. The summed E-state index contributed by atoms with van der Waals surface area (Å²) in [6, 6.07) is 8.78. The van der Waals surface area contributed by atoms with Crippen LogP contribution in [0.5, 0.6) is 0 Å². The molecule has 0 aliphatic carbocycles. The third kappa shape index (κ3) is 2.99. The van der Waals surface area contributed by atoms with Crippen LogP contribution in [0.4, 0.5) is 0 Å². The summed E-state index contributed by atoms with van der Waals surface area (Å²) in [5.74, 6) is 1.05. The van der Waals surface area contributed by atoms with E-state index in [0.717, 1.165) is 30.9 Å². The van der Waals surface area contributed by atoms with Crippen LogP contribution in [0.25, 0.3) is 0 Å². The van der Waals surface area contributed by atoms with Crippen LogP contribution in [0.3, 0.4) is 0 Å². The van der Waals surface area contributed by atoms with E-state index in [2.05, 4.69) is 46.9 Å². The van der Waals surface area contributed by atoms with Crippen molar-refractivity contribution < 1.29 is 0 Å². The lowest BCUT2D eigenvalue weighted by Crippen LogP contribution is -2.02. The predicted molar refractivity (Wildman–Crippen MR) is 74.6 cm³/mol. The van der Waals surface area contributed by atoms with Gasteiger partial charge in [0.05, 0.1) is 5.69 Å². The number of nitrogens with two attached hydrogens (primary N) is 1. The summed E-state index contributed by atoms with van der Waals surface area (Å²) in [5.41, 5.74) is 9.33. The lowest BCUT2D eigenvalue weighted by Gasteiger charge is -2.05. The van der Waals surface area contributed by atoms with Crippen molar-refractivity contribution in [2.45, 2.75) is 33.2 Å². The topological polar surface area (TPSA) is 43.8 Å². The maximum atomic E-state index is 5.56. The first-order valence-corrected chi connectivity index (χ1v) is 6.53. The number of imidazole rings is 1. The monoisotopic (exact) mass is 243 g/mol. The Labute approximate surface area is 109 Å². The largest absolute Gasteiger partial charge is 0.330 e. The van der Waals surface area contributed by atoms with Crippen LogP contribution in [0.2, 0.25) is 0 Å². The number of benzene rings is 1. The fourth-order valence-corrected chi connectivity index (χ4v) is 2.08. The van der Waals surface area contributed by atoms with Crippen molar-refractivity contribution >= 4 is 0 Å². The number of aryl methyl sites for hydroxylation is 2. The first-order valence-electron chi connectivity index (χ1n) is 6.53. The minimum atomic E-state index is 0.654. The van der Waals surface area contributed by atoms with Crippen molar-refractivity contribution in [2.24, 2.45) is 5.73 Å². The molecule has 0 unspecified atom stereocenters. The minimum Gasteiger partial charge on any atom is -0.330 e. The van der Waals surface area contributed by atoms with Gasteiger partial charge in [0.1, 0.15) is 5.82 Å². The lowest BCUT2D eigenvalue weighted by atomic mass is 10.1. The fourth-order valence-electron chi connectivity index (χ4n) is 2.08. The molecule has 0 saturated carbocycles. The average molecular weight is 243 g/mol. The average Bonchev–Trinajstić information content (AvgIpc) is 2.71. The predicted octanol–water partition coefficient (Wildman–Crippen LogP) is 2.30. The highest BCUT2D eigenvalue weighted by Gasteiger charge is 2.04. The molecule has 96 valence electrons. The van der Waals surface area contributed by atoms with Crippen LogP contribution in [0.15, 0.2) is 30.5 Å². The minimum absolute atomic E-state index is 0.654. The van der Waals surface area contributed by atoms with Gasteiger partial charge in [-0.05, 0) is 31.0 Å². The van der Waals surface area contributed by atoms with Gasteiger partial charge in [-0.2, -0.15) is 0 Å². The van der Waals surface area contributed by atoms with E-state index in [-0.39, 0.29) is 0 Å². The molecule has 1 aromatic carbocycles. The molecule has 2 aromatic rings. The Morgan fingerprint density at radius 2 is 1.83 bits per heavy atom. The highest BCUT2D eigenvalue weighted by Crippen LogP contribution is 2.10. The van der Waals surface area contributed by atoms with Gasteiger partial charge >= 0.3 is 0 Å². The molecule has 0 spiro atoms. The quantitative estimate of drug-likeness (QED) is 0.875. The second-order valence-corrected chi connectivity index (χ2v) is 4.62. The van der Waals surface area contributed by atoms with E-state index in [1.165, 1.54) is 11.1 Å². The second-order valence-electron chi connectivity index (χ2n) is 4.62. The number of rotatable bonds is 5. The third-order valence-corrected chi connectivity index (χ3v) is 3.21. The Hall–Kier alpha value is -1.61. The molecule has 3 nitrogen and oxygen atoms in total. The maximum Gasteiger partial charge on any atom is 0.106 e. The Morgan fingerprint density at radius 1 is 1.17 bits per heavy atom. The highest BCUT2D eigenvalue weighted by atomic mass is 15.1. The van der Waals surface area contributed by atoms with Crippen LogP contribution >= 0.6 is 0 Å². The third-order valence-electron chi connectivity index (χ3n) is 3.21. The van der Waals surface area contributed by atoms with Gasteiger partial charge in [0.2, 0.25) is 0 Å². The van der Waals surface area contributed by atoms with E-state index >= 15 is 0 Å². The first kappa shape index (κ1) is 12.8. The highest BCUT2D eigenvalue weighted by molar-refractivity contribution is 5.23. The fraction of sp³-hybridized carbons (Fsp3) is 0.400. The summed E-state index contributed by atoms with van der Waals surface area (Å²) in [7, 11) is 0. The molecule has 0 atom stereocenters. The van der Waals surface area contributed by atoms with Gasteiger partial charge in [-0.3, -0.25) is 0 Å². The van der Waals surface area contributed by atoms with Gasteiger partial charge in [-0.15, -0.1) is 0 Å². The molecule has 1 heterocycles. The van der Waals surface area contributed by atoms with Crippen LogP contribution in [-0.2, 0) is 19.4 Å². The zero-order chi connectivity index (χ0) is 13.0. The molecule has 0 bridgehead atoms. The van der Waals surface area contributed by atoms with Gasteiger partial charge < -0.3 is 10.3 Å². The van der Waals surface area contributed by atoms with Crippen LogP contribution in [-0.4, -0.2) is 16.1 Å². The summed E-state index contributed by atoms with van der Waals surface area (Å²) >= 11 is 0. The van der Waals surface area contributed by atoms with E-state index in [1.54, 1.807) is 0 Å². The zero-order valence-corrected chi connectivity index (χ0v) is 11.2. The Kier molecular flexibility index (Phi) is 4.15. The van der Waals surface area contributed by atoms with Crippen molar-refractivity contribution in [2.75, 3.05) is 6.54 Å². The smallest absolute Gasteiger partial charge is 0.106 e. The molecular formula is C15H21N3. The van der Waals surface area contributed by atoms with Crippen molar-refractivity contribution in [3.05, 3.63) is 53.1 Å². The van der Waals surface area contributed by atoms with Gasteiger partial charge in [0.25, 0.3) is 0 Å². The lowest BCUT2D eigenvalue weighted by molar-refractivity contribution is 0.761. The standard InChI is InChI=1S/C15H21N3/c1-3-13-4-6-14(7-5-13)10-18-11-15(8-9-16)17-12(18)2/h4-7,11H,3,8-10,16H2,1-2H3. The molecule has 18 heavy (non-hydrogen) atoms. The van der Waals surface area contributed by atoms with Gasteiger partial charge in [0.15, 0.2) is 0 Å². The molecule has 2 rings (SSSR count). The molecule has 0 aliphatic heterocycles. The summed E-state index contributed by atoms with van der Waals surface area (Å²) in [6.07, 6.45) is 4.05. The van der Waals surface area contributed by atoms with Crippen molar-refractivity contribution in [3.63, 3.8) is 0 Å². The number of aromatic nitrogens is 2. The molecule has 2 N–H and O–H groups in total. The molecule has 0 aliphatic rings. The van der Waals surface area contributed by atoms with E-state index in [1.807, 2.05) is 6.92 Å². The van der Waals surface area contributed by atoms with Crippen LogP contribution in [0, 0.1) is 6.92 Å². The van der Waals surface area contributed by atoms with E-state index in [4.69, 9.17) is 5.73 Å². The van der Waals surface area contributed by atoms with Crippen molar-refractivity contribution in [1.82, 2.24) is 9.55 Å². The zero-order valence-electron chi connectivity index (χ0n) is 11.2. The SMILES string of the molecule is CCc1ccc(Cn2cc(CCN)nc2C)cc1. The van der Waals surface area contributed by atoms with Gasteiger partial charge in [0, 0.05) is 19.2 Å². The summed E-state index contributed by atoms with van der Waals surface area (Å²) < 4.78 is 2.19. The molecule has 0 saturated heterocycles. The van der Waals surface area contributed by atoms with Gasteiger partial charge in [-0.25, -0.2) is 4.98 Å². The Morgan fingerprint density at radius 3 is 2.44 bits per heavy atom. The number of nitrogens with zero attached hydrogens (tertiary/aromatic N) is 2. The number of hydrogen-bond acceptors (Lipinski definition) is 2. The van der Waals surface area contributed by atoms with Crippen LogP contribution in [0.1, 0.15) is 29.6 Å². The molecule has 1 aromatic heterocycles. The molecule has 0 amide bonds. The molecule has 0 fully saturated rings. The normalized spacial score (nSPS) is 10.8. The maximum absolute atomic E-state index is 5.56. The molecular weight excluding hydrogens is 222 g/mol. The summed E-state index contributed by atoms with van der Waals surface area (Å²) in [6.45, 7) is 5.75. The van der Waals surface area contributed by atoms with E-state index in [0.29, 0.717) is 6.54 Å². The van der Waals surface area contributed by atoms with E-state index in [9.17, 15) is 0 Å². The van der Waals surface area contributed by atoms with Crippen LogP contribution < -0.4 is 5.73 Å². The molecule has 0 radical (unpaired) electrons. The second kappa shape index (κ2) is 5.83.